The van der Waals surface area contributed by atoms with Crippen LogP contribution in [0, 0.1) is 0 Å². The molecule has 0 radical (unpaired) electrons. The molecule has 0 atom stereocenters. The molecule has 1 spiro atoms. The molecule has 5 nitrogen and oxygen atoms in total. The number of esters is 2. The number of hydrogen-bond donors (Lipinski definition) is 0. The number of rotatable bonds is 2. The van der Waals surface area contributed by atoms with E-state index in [9.17, 15) is 9.59 Å². The van der Waals surface area contributed by atoms with Gasteiger partial charge >= 0.3 is 11.9 Å². The van der Waals surface area contributed by atoms with Crippen molar-refractivity contribution >= 4 is 41.2 Å². The lowest BCUT2D eigenvalue weighted by Crippen LogP contribution is -2.44. The van der Waals surface area contributed by atoms with E-state index in [2.05, 4.69) is 0 Å². The Morgan fingerprint density at radius 1 is 0.962 bits per heavy atom. The predicted octanol–water partition coefficient (Wildman–Crippen LogP) is 5.01. The summed E-state index contributed by atoms with van der Waals surface area (Å²) in [4.78, 5) is 24.5. The number of halogens is 2. The summed E-state index contributed by atoms with van der Waals surface area (Å²) in [5.74, 6) is -1.66. The van der Waals surface area contributed by atoms with Crippen LogP contribution in [0.1, 0.15) is 31.4 Å². The van der Waals surface area contributed by atoms with Gasteiger partial charge in [0.2, 0.25) is 0 Å². The van der Waals surface area contributed by atoms with Crippen molar-refractivity contribution in [3.8, 4) is 11.3 Å². The van der Waals surface area contributed by atoms with Crippen LogP contribution in [0.15, 0.2) is 40.3 Å². The summed E-state index contributed by atoms with van der Waals surface area (Å²) in [5, 5.41) is 0.951. The van der Waals surface area contributed by atoms with Crippen molar-refractivity contribution in [3.05, 3.63) is 51.7 Å². The fourth-order valence-electron chi connectivity index (χ4n) is 3.19. The molecule has 1 saturated carbocycles. The van der Waals surface area contributed by atoms with E-state index in [0.29, 0.717) is 40.0 Å². The Labute approximate surface area is 159 Å². The second kappa shape index (κ2) is 6.49. The molecule has 26 heavy (non-hydrogen) atoms. The molecular formula is C19H14Cl2O5. The van der Waals surface area contributed by atoms with E-state index >= 15 is 0 Å². The zero-order valence-electron chi connectivity index (χ0n) is 13.6. The van der Waals surface area contributed by atoms with Crippen molar-refractivity contribution in [2.24, 2.45) is 0 Å². The number of hydrogen-bond acceptors (Lipinski definition) is 5. The summed E-state index contributed by atoms with van der Waals surface area (Å²) in [6.45, 7) is 0. The summed E-state index contributed by atoms with van der Waals surface area (Å²) in [6, 6.07) is 8.36. The molecule has 2 aliphatic rings. The van der Waals surface area contributed by atoms with Crippen LogP contribution < -0.4 is 0 Å². The number of carbonyl (C=O) groups is 2. The van der Waals surface area contributed by atoms with Gasteiger partial charge in [-0.1, -0.05) is 23.2 Å². The smallest absolute Gasteiger partial charge is 0.349 e. The molecule has 0 bridgehead atoms. The van der Waals surface area contributed by atoms with Gasteiger partial charge in [-0.25, -0.2) is 9.59 Å². The molecule has 134 valence electrons. The maximum atomic E-state index is 12.3. The third kappa shape index (κ3) is 3.13. The van der Waals surface area contributed by atoms with Crippen LogP contribution in [0.5, 0.6) is 0 Å². The van der Waals surface area contributed by atoms with Crippen LogP contribution in [-0.2, 0) is 19.1 Å². The van der Waals surface area contributed by atoms with Gasteiger partial charge in [0.1, 0.15) is 17.1 Å². The minimum Gasteiger partial charge on any atom is -0.457 e. The van der Waals surface area contributed by atoms with Gasteiger partial charge in [0.25, 0.3) is 5.79 Å². The highest BCUT2D eigenvalue weighted by Crippen LogP contribution is 2.39. The SMILES string of the molecule is O=C1OC2(CCCC2)OC(=O)C1=Cc1ccc(-c2ccc(Cl)cc2Cl)o1. The van der Waals surface area contributed by atoms with Crippen molar-refractivity contribution in [1.29, 1.82) is 0 Å². The van der Waals surface area contributed by atoms with E-state index in [0.717, 1.165) is 12.8 Å². The van der Waals surface area contributed by atoms with Crippen LogP contribution in [-0.4, -0.2) is 17.7 Å². The molecular weight excluding hydrogens is 379 g/mol. The molecule has 1 aromatic heterocycles. The fraction of sp³-hybridized carbons (Fsp3) is 0.263. The highest BCUT2D eigenvalue weighted by molar-refractivity contribution is 6.36. The fourth-order valence-corrected chi connectivity index (χ4v) is 3.70. The normalized spacial score (nSPS) is 18.8. The van der Waals surface area contributed by atoms with Crippen molar-refractivity contribution in [2.45, 2.75) is 31.5 Å². The Morgan fingerprint density at radius 3 is 2.31 bits per heavy atom. The van der Waals surface area contributed by atoms with E-state index in [1.807, 2.05) is 0 Å². The van der Waals surface area contributed by atoms with Crippen molar-refractivity contribution < 1.29 is 23.5 Å². The molecule has 2 fully saturated rings. The van der Waals surface area contributed by atoms with Crippen molar-refractivity contribution in [3.63, 3.8) is 0 Å². The van der Waals surface area contributed by atoms with Gasteiger partial charge in [-0.2, -0.15) is 0 Å². The standard InChI is InChI=1S/C19H14Cl2O5/c20-11-3-5-13(15(21)9-11)16-6-4-12(24-16)10-14-17(22)25-19(26-18(14)23)7-1-2-8-19/h3-6,9-10H,1-2,7-8H2. The first-order valence-electron chi connectivity index (χ1n) is 8.19. The van der Waals surface area contributed by atoms with Crippen molar-refractivity contribution in [1.82, 2.24) is 0 Å². The average Bonchev–Trinajstić information content (AvgIpc) is 3.21. The van der Waals surface area contributed by atoms with Gasteiger partial charge in [0, 0.05) is 29.5 Å². The van der Waals surface area contributed by atoms with E-state index in [1.54, 1.807) is 30.3 Å². The number of benzene rings is 1. The second-order valence-electron chi connectivity index (χ2n) is 6.28. The molecule has 2 aromatic rings. The summed E-state index contributed by atoms with van der Waals surface area (Å²) in [7, 11) is 0. The summed E-state index contributed by atoms with van der Waals surface area (Å²) < 4.78 is 16.5. The Hall–Kier alpha value is -2.24. The molecule has 0 N–H and O–H groups in total. The molecule has 2 heterocycles. The monoisotopic (exact) mass is 392 g/mol. The lowest BCUT2D eigenvalue weighted by molar-refractivity contribution is -0.232. The van der Waals surface area contributed by atoms with Crippen LogP contribution in [0.25, 0.3) is 17.4 Å². The van der Waals surface area contributed by atoms with Crippen LogP contribution in [0.2, 0.25) is 10.0 Å². The van der Waals surface area contributed by atoms with Crippen molar-refractivity contribution in [2.75, 3.05) is 0 Å². The Kier molecular flexibility index (Phi) is 4.29. The van der Waals surface area contributed by atoms with Gasteiger partial charge < -0.3 is 13.9 Å². The lowest BCUT2D eigenvalue weighted by atomic mass is 10.1. The van der Waals surface area contributed by atoms with Gasteiger partial charge in [0.15, 0.2) is 0 Å². The highest BCUT2D eigenvalue weighted by atomic mass is 35.5. The second-order valence-corrected chi connectivity index (χ2v) is 7.12. The van der Waals surface area contributed by atoms with E-state index < -0.39 is 17.7 Å². The number of carbonyl (C=O) groups excluding carboxylic acids is 2. The van der Waals surface area contributed by atoms with E-state index in [4.69, 9.17) is 37.1 Å². The third-order valence-corrected chi connectivity index (χ3v) is 5.02. The maximum Gasteiger partial charge on any atom is 0.349 e. The largest absolute Gasteiger partial charge is 0.457 e. The molecule has 0 unspecified atom stereocenters. The van der Waals surface area contributed by atoms with Gasteiger partial charge in [-0.05, 0) is 43.2 Å². The first-order chi connectivity index (χ1) is 12.5. The highest BCUT2D eigenvalue weighted by Gasteiger charge is 2.48. The summed E-state index contributed by atoms with van der Waals surface area (Å²) in [6.07, 6.45) is 4.13. The first kappa shape index (κ1) is 17.2. The molecule has 4 rings (SSSR count). The minimum atomic E-state index is -1.09. The molecule has 7 heteroatoms. The van der Waals surface area contributed by atoms with E-state index in [1.165, 1.54) is 6.08 Å². The lowest BCUT2D eigenvalue weighted by Gasteiger charge is -2.32. The van der Waals surface area contributed by atoms with Gasteiger partial charge in [-0.15, -0.1) is 0 Å². The maximum absolute atomic E-state index is 12.3. The van der Waals surface area contributed by atoms with Crippen LogP contribution in [0.3, 0.4) is 0 Å². The topological polar surface area (TPSA) is 65.7 Å². The molecule has 1 saturated heterocycles. The summed E-state index contributed by atoms with van der Waals surface area (Å²) >= 11 is 12.1. The Morgan fingerprint density at radius 2 is 1.65 bits per heavy atom. The zero-order valence-corrected chi connectivity index (χ0v) is 15.1. The molecule has 1 aliphatic carbocycles. The quantitative estimate of drug-likeness (QED) is 0.408. The summed E-state index contributed by atoms with van der Waals surface area (Å²) in [5.41, 5.74) is 0.463. The first-order valence-corrected chi connectivity index (χ1v) is 8.95. The average molecular weight is 393 g/mol. The Bertz CT molecular complexity index is 900. The van der Waals surface area contributed by atoms with Gasteiger partial charge in [-0.3, -0.25) is 0 Å². The molecule has 1 aliphatic heterocycles. The molecule has 0 amide bonds. The van der Waals surface area contributed by atoms with Gasteiger partial charge in [0.05, 0.1) is 5.02 Å². The number of furan rings is 1. The third-order valence-electron chi connectivity index (χ3n) is 4.47. The predicted molar refractivity (Wildman–Crippen MR) is 95.5 cm³/mol. The van der Waals surface area contributed by atoms with Crippen LogP contribution in [0.4, 0.5) is 0 Å². The zero-order chi connectivity index (χ0) is 18.3. The Balaban J connectivity index is 1.60. The number of ether oxygens (including phenoxy) is 2. The molecule has 1 aromatic carbocycles. The minimum absolute atomic E-state index is 0.189. The van der Waals surface area contributed by atoms with E-state index in [-0.39, 0.29) is 5.57 Å². The van der Waals surface area contributed by atoms with Crippen LogP contribution >= 0.6 is 23.2 Å².